The monoisotopic (exact) mass is 282 g/mol. The third kappa shape index (κ3) is 2.56. The molecule has 1 aliphatic heterocycles. The van der Waals surface area contributed by atoms with Gasteiger partial charge in [0.1, 0.15) is 0 Å². The summed E-state index contributed by atoms with van der Waals surface area (Å²) in [5.74, 6) is -1.63. The van der Waals surface area contributed by atoms with Crippen LogP contribution in [0.3, 0.4) is 0 Å². The van der Waals surface area contributed by atoms with Crippen LogP contribution in [-0.2, 0) is 4.79 Å². The van der Waals surface area contributed by atoms with Gasteiger partial charge in [0, 0.05) is 24.5 Å². The maximum absolute atomic E-state index is 12.4. The van der Waals surface area contributed by atoms with Gasteiger partial charge in [-0.05, 0) is 26.3 Å². The molecule has 1 amide bonds. The number of carbonyl (C=O) groups is 2. The minimum atomic E-state index is -0.865. The van der Waals surface area contributed by atoms with E-state index in [9.17, 15) is 9.59 Å². The number of hydrogen-bond acceptors (Lipinski definition) is 3. The molecular formula is C13H15ClN2O3. The number of aryl methyl sites for hydroxylation is 1. The third-order valence-corrected chi connectivity index (χ3v) is 3.87. The first-order chi connectivity index (χ1) is 8.91. The van der Waals surface area contributed by atoms with Crippen LogP contribution >= 0.6 is 11.6 Å². The Morgan fingerprint density at radius 1 is 1.53 bits per heavy atom. The molecule has 0 aromatic carbocycles. The van der Waals surface area contributed by atoms with Crippen molar-refractivity contribution in [2.24, 2.45) is 5.92 Å². The van der Waals surface area contributed by atoms with Gasteiger partial charge in [-0.15, -0.1) is 0 Å². The van der Waals surface area contributed by atoms with E-state index in [0.717, 1.165) is 5.69 Å². The number of halogens is 1. The predicted molar refractivity (Wildman–Crippen MR) is 70.2 cm³/mol. The lowest BCUT2D eigenvalue weighted by atomic mass is 10.0. The molecule has 1 fully saturated rings. The Balaban J connectivity index is 2.23. The summed E-state index contributed by atoms with van der Waals surface area (Å²) in [7, 11) is 0. The normalized spacial score (nSPS) is 22.6. The molecule has 5 nitrogen and oxygen atoms in total. The number of nitrogens with zero attached hydrogens (tertiary/aromatic N) is 2. The topological polar surface area (TPSA) is 70.5 Å². The number of pyridine rings is 1. The molecule has 0 bridgehead atoms. The molecule has 2 unspecified atom stereocenters. The molecule has 2 rings (SSSR count). The highest BCUT2D eigenvalue weighted by atomic mass is 35.5. The highest BCUT2D eigenvalue weighted by Gasteiger charge is 2.38. The van der Waals surface area contributed by atoms with E-state index in [1.54, 1.807) is 24.8 Å². The van der Waals surface area contributed by atoms with Crippen LogP contribution in [0.2, 0.25) is 5.02 Å². The fourth-order valence-electron chi connectivity index (χ4n) is 2.40. The number of aromatic nitrogens is 1. The smallest absolute Gasteiger partial charge is 0.308 e. The van der Waals surface area contributed by atoms with Crippen LogP contribution in [0.1, 0.15) is 29.4 Å². The summed E-state index contributed by atoms with van der Waals surface area (Å²) in [5, 5.41) is 9.42. The van der Waals surface area contributed by atoms with Gasteiger partial charge < -0.3 is 10.0 Å². The molecule has 1 saturated heterocycles. The quantitative estimate of drug-likeness (QED) is 0.900. The van der Waals surface area contributed by atoms with E-state index in [1.165, 1.54) is 6.20 Å². The molecule has 1 aromatic rings. The van der Waals surface area contributed by atoms with Gasteiger partial charge >= 0.3 is 5.97 Å². The number of likely N-dealkylation sites (tertiary alicyclic amines) is 1. The molecule has 0 radical (unpaired) electrons. The summed E-state index contributed by atoms with van der Waals surface area (Å²) in [6, 6.07) is 1.30. The second kappa shape index (κ2) is 5.17. The van der Waals surface area contributed by atoms with Gasteiger partial charge in [-0.1, -0.05) is 11.6 Å². The van der Waals surface area contributed by atoms with Gasteiger partial charge in [0.2, 0.25) is 0 Å². The molecule has 2 atom stereocenters. The second-order valence-electron chi connectivity index (χ2n) is 4.78. The van der Waals surface area contributed by atoms with Crippen molar-refractivity contribution in [3.8, 4) is 0 Å². The Morgan fingerprint density at radius 2 is 2.21 bits per heavy atom. The van der Waals surface area contributed by atoms with Crippen molar-refractivity contribution in [1.29, 1.82) is 0 Å². The van der Waals surface area contributed by atoms with Gasteiger partial charge in [0.15, 0.2) is 0 Å². The average Bonchev–Trinajstić information content (AvgIpc) is 2.70. The number of carboxylic acids is 1. The zero-order valence-electron chi connectivity index (χ0n) is 10.8. The fraction of sp³-hybridized carbons (Fsp3) is 0.462. The average molecular weight is 283 g/mol. The molecule has 0 saturated carbocycles. The highest BCUT2D eigenvalue weighted by Crippen LogP contribution is 2.27. The van der Waals surface area contributed by atoms with Gasteiger partial charge in [-0.2, -0.15) is 0 Å². The molecule has 1 N–H and O–H groups in total. The van der Waals surface area contributed by atoms with Crippen molar-refractivity contribution in [3.63, 3.8) is 0 Å². The van der Waals surface area contributed by atoms with Gasteiger partial charge in [0.05, 0.1) is 16.5 Å². The lowest BCUT2D eigenvalue weighted by Crippen LogP contribution is -2.37. The summed E-state index contributed by atoms with van der Waals surface area (Å²) < 4.78 is 0. The van der Waals surface area contributed by atoms with Crippen LogP contribution in [0.15, 0.2) is 12.3 Å². The molecular weight excluding hydrogens is 268 g/mol. The highest BCUT2D eigenvalue weighted by molar-refractivity contribution is 6.33. The minimum Gasteiger partial charge on any atom is -0.481 e. The Bertz CT molecular complexity index is 533. The zero-order valence-corrected chi connectivity index (χ0v) is 11.5. The van der Waals surface area contributed by atoms with Gasteiger partial charge in [0.25, 0.3) is 5.91 Å². The molecule has 0 aliphatic carbocycles. The van der Waals surface area contributed by atoms with Crippen molar-refractivity contribution in [2.45, 2.75) is 26.3 Å². The fourth-order valence-corrected chi connectivity index (χ4v) is 2.68. The summed E-state index contributed by atoms with van der Waals surface area (Å²) in [6.07, 6.45) is 1.92. The first-order valence-corrected chi connectivity index (χ1v) is 6.45. The number of carboxylic acid groups (broad SMARTS) is 1. The zero-order chi connectivity index (χ0) is 14.2. The van der Waals surface area contributed by atoms with Crippen LogP contribution in [0.5, 0.6) is 0 Å². The SMILES string of the molecule is Cc1cc(Cl)c(C(=O)N2CCC(C(=O)O)C2C)cn1. The maximum Gasteiger partial charge on any atom is 0.308 e. The number of amides is 1. The van der Waals surface area contributed by atoms with Crippen molar-refractivity contribution < 1.29 is 14.7 Å². The first kappa shape index (κ1) is 13.8. The van der Waals surface area contributed by atoms with Crippen molar-refractivity contribution in [1.82, 2.24) is 9.88 Å². The number of aliphatic carboxylic acids is 1. The van der Waals surface area contributed by atoms with Crippen LogP contribution in [-0.4, -0.2) is 39.5 Å². The first-order valence-electron chi connectivity index (χ1n) is 6.07. The Kier molecular flexibility index (Phi) is 3.75. The molecule has 102 valence electrons. The van der Waals surface area contributed by atoms with E-state index in [4.69, 9.17) is 16.7 Å². The molecule has 6 heteroatoms. The standard InChI is InChI=1S/C13H15ClN2O3/c1-7-5-11(14)10(6-15-7)12(17)16-4-3-9(8(16)2)13(18)19/h5-6,8-9H,3-4H2,1-2H3,(H,18,19). The molecule has 2 heterocycles. The number of carbonyl (C=O) groups excluding carboxylic acids is 1. The van der Waals surface area contributed by atoms with E-state index in [2.05, 4.69) is 4.98 Å². The lowest BCUT2D eigenvalue weighted by molar-refractivity contribution is -0.142. The summed E-state index contributed by atoms with van der Waals surface area (Å²) >= 11 is 6.05. The summed E-state index contributed by atoms with van der Waals surface area (Å²) in [4.78, 5) is 29.0. The number of rotatable bonds is 2. The Labute approximate surface area is 116 Å². The van der Waals surface area contributed by atoms with E-state index in [0.29, 0.717) is 23.6 Å². The van der Waals surface area contributed by atoms with Crippen LogP contribution in [0, 0.1) is 12.8 Å². The molecule has 0 spiro atoms. The van der Waals surface area contributed by atoms with E-state index < -0.39 is 11.9 Å². The second-order valence-corrected chi connectivity index (χ2v) is 5.19. The van der Waals surface area contributed by atoms with E-state index in [1.807, 2.05) is 0 Å². The maximum atomic E-state index is 12.4. The molecule has 1 aromatic heterocycles. The largest absolute Gasteiger partial charge is 0.481 e. The minimum absolute atomic E-state index is 0.256. The number of hydrogen-bond donors (Lipinski definition) is 1. The summed E-state index contributed by atoms with van der Waals surface area (Å²) in [5.41, 5.74) is 1.06. The Hall–Kier alpha value is -1.62. The molecule has 19 heavy (non-hydrogen) atoms. The molecule has 1 aliphatic rings. The Morgan fingerprint density at radius 3 is 2.74 bits per heavy atom. The third-order valence-electron chi connectivity index (χ3n) is 3.55. The predicted octanol–water partition coefficient (Wildman–Crippen LogP) is 1.98. The van der Waals surface area contributed by atoms with Crippen molar-refractivity contribution >= 4 is 23.5 Å². The van der Waals surface area contributed by atoms with Crippen LogP contribution in [0.25, 0.3) is 0 Å². The van der Waals surface area contributed by atoms with Gasteiger partial charge in [-0.3, -0.25) is 14.6 Å². The van der Waals surface area contributed by atoms with E-state index in [-0.39, 0.29) is 11.9 Å². The summed E-state index contributed by atoms with van der Waals surface area (Å²) in [6.45, 7) is 3.97. The van der Waals surface area contributed by atoms with E-state index >= 15 is 0 Å². The van der Waals surface area contributed by atoms with Crippen LogP contribution in [0.4, 0.5) is 0 Å². The van der Waals surface area contributed by atoms with Crippen LogP contribution < -0.4 is 0 Å². The lowest BCUT2D eigenvalue weighted by Gasteiger charge is -2.23. The van der Waals surface area contributed by atoms with Gasteiger partial charge in [-0.25, -0.2) is 0 Å². The van der Waals surface area contributed by atoms with Crippen molar-refractivity contribution in [2.75, 3.05) is 6.54 Å². The van der Waals surface area contributed by atoms with Crippen molar-refractivity contribution in [3.05, 3.63) is 28.5 Å².